The van der Waals surface area contributed by atoms with E-state index < -0.39 is 0 Å². The van der Waals surface area contributed by atoms with Crippen LogP contribution in [0.1, 0.15) is 35.1 Å². The molecule has 0 spiro atoms. The van der Waals surface area contributed by atoms with Crippen LogP contribution in [0.25, 0.3) is 0 Å². The van der Waals surface area contributed by atoms with Gasteiger partial charge < -0.3 is 11.1 Å². The van der Waals surface area contributed by atoms with Crippen LogP contribution in [0.15, 0.2) is 24.3 Å². The van der Waals surface area contributed by atoms with E-state index >= 15 is 0 Å². The Kier molecular flexibility index (Phi) is 3.57. The lowest BCUT2D eigenvalue weighted by Crippen LogP contribution is -2.13. The Hall–Kier alpha value is -1.95. The fourth-order valence-electron chi connectivity index (χ4n) is 1.49. The Morgan fingerprint density at radius 2 is 2.00 bits per heavy atom. The van der Waals surface area contributed by atoms with Gasteiger partial charge in [-0.2, -0.15) is 0 Å². The molecule has 5 nitrogen and oxygen atoms in total. The maximum atomic E-state index is 12.1. The van der Waals surface area contributed by atoms with Crippen LogP contribution in [0.2, 0.25) is 0 Å². The number of hydrogen-bond donors (Lipinski definition) is 2. The van der Waals surface area contributed by atoms with Crippen LogP contribution in [0, 0.1) is 0 Å². The minimum Gasteiger partial charge on any atom is -0.399 e. The van der Waals surface area contributed by atoms with E-state index in [1.165, 1.54) is 0 Å². The third kappa shape index (κ3) is 2.65. The highest BCUT2D eigenvalue weighted by Gasteiger charge is 2.18. The van der Waals surface area contributed by atoms with Gasteiger partial charge in [0.05, 0.1) is 5.69 Å². The number of nitrogen functional groups attached to an aromatic ring is 1. The van der Waals surface area contributed by atoms with Crippen molar-refractivity contribution in [1.82, 2.24) is 9.59 Å². The SMILES string of the molecule is CC(C)c1nnsc1C(=O)Nc1ccc(N)cc1. The highest BCUT2D eigenvalue weighted by atomic mass is 32.1. The number of hydrogen-bond acceptors (Lipinski definition) is 5. The van der Waals surface area contributed by atoms with Crippen LogP contribution in [0.3, 0.4) is 0 Å². The van der Waals surface area contributed by atoms with Gasteiger partial charge in [0.25, 0.3) is 5.91 Å². The molecule has 1 aromatic carbocycles. The normalized spacial score (nSPS) is 10.6. The molecule has 0 aliphatic heterocycles. The molecule has 0 bridgehead atoms. The average Bonchev–Trinajstić information content (AvgIpc) is 2.81. The van der Waals surface area contributed by atoms with Crippen LogP contribution < -0.4 is 11.1 Å². The Balaban J connectivity index is 2.17. The van der Waals surface area contributed by atoms with Gasteiger partial charge in [-0.25, -0.2) is 0 Å². The van der Waals surface area contributed by atoms with Gasteiger partial charge >= 0.3 is 0 Å². The van der Waals surface area contributed by atoms with Crippen molar-refractivity contribution >= 4 is 28.8 Å². The van der Waals surface area contributed by atoms with Crippen LogP contribution in [-0.4, -0.2) is 15.5 Å². The Labute approximate surface area is 109 Å². The molecule has 2 aromatic rings. The zero-order valence-electron chi connectivity index (χ0n) is 10.2. The third-order valence-electron chi connectivity index (χ3n) is 2.43. The molecule has 6 heteroatoms. The number of rotatable bonds is 3. The van der Waals surface area contributed by atoms with Crippen molar-refractivity contribution in [2.75, 3.05) is 11.1 Å². The molecule has 2 rings (SSSR count). The fourth-order valence-corrected chi connectivity index (χ4v) is 2.20. The lowest BCUT2D eigenvalue weighted by Gasteiger charge is -2.06. The molecule has 1 amide bonds. The second-order valence-electron chi connectivity index (χ2n) is 4.22. The number of carbonyl (C=O) groups excluding carboxylic acids is 1. The number of carbonyl (C=O) groups is 1. The van der Waals surface area contributed by atoms with Gasteiger partial charge in [-0.1, -0.05) is 18.3 Å². The van der Waals surface area contributed by atoms with E-state index in [0.29, 0.717) is 16.3 Å². The second kappa shape index (κ2) is 5.14. The maximum absolute atomic E-state index is 12.1. The van der Waals surface area contributed by atoms with E-state index in [1.54, 1.807) is 24.3 Å². The number of nitrogens with two attached hydrogens (primary N) is 1. The summed E-state index contributed by atoms with van der Waals surface area (Å²) in [5.41, 5.74) is 7.68. The highest BCUT2D eigenvalue weighted by molar-refractivity contribution is 7.08. The molecule has 0 saturated heterocycles. The highest BCUT2D eigenvalue weighted by Crippen LogP contribution is 2.21. The van der Waals surface area contributed by atoms with Gasteiger partial charge in [0.1, 0.15) is 4.88 Å². The van der Waals surface area contributed by atoms with Gasteiger partial charge in [0, 0.05) is 11.4 Å². The first-order chi connectivity index (χ1) is 8.58. The molecule has 1 heterocycles. The van der Waals surface area contributed by atoms with Crippen molar-refractivity contribution in [3.05, 3.63) is 34.8 Å². The number of nitrogens with zero attached hydrogens (tertiary/aromatic N) is 2. The molecule has 0 saturated carbocycles. The molecule has 3 N–H and O–H groups in total. The van der Waals surface area contributed by atoms with Gasteiger partial charge in [0.2, 0.25) is 0 Å². The molecule has 0 atom stereocenters. The molecule has 0 aliphatic rings. The smallest absolute Gasteiger partial charge is 0.269 e. The summed E-state index contributed by atoms with van der Waals surface area (Å²) in [6, 6.07) is 7.00. The lowest BCUT2D eigenvalue weighted by molar-refractivity contribution is 0.102. The molecule has 0 aliphatic carbocycles. The number of amides is 1. The standard InChI is InChI=1S/C12H14N4OS/c1-7(2)10-11(18-16-15-10)12(17)14-9-5-3-8(13)4-6-9/h3-7H,13H2,1-2H3,(H,14,17). The van der Waals surface area contributed by atoms with Gasteiger partial charge in [0.15, 0.2) is 0 Å². The van der Waals surface area contributed by atoms with Crippen LogP contribution in [-0.2, 0) is 0 Å². The van der Waals surface area contributed by atoms with E-state index in [9.17, 15) is 4.79 Å². The van der Waals surface area contributed by atoms with Crippen molar-refractivity contribution < 1.29 is 4.79 Å². The molecule has 1 aromatic heterocycles. The summed E-state index contributed by atoms with van der Waals surface area (Å²) in [5.74, 6) is -0.00520. The predicted octanol–water partition coefficient (Wildman–Crippen LogP) is 2.50. The molecule has 0 fully saturated rings. The summed E-state index contributed by atoms with van der Waals surface area (Å²) in [5, 5.41) is 6.78. The zero-order chi connectivity index (χ0) is 13.1. The quantitative estimate of drug-likeness (QED) is 0.833. The van der Waals surface area contributed by atoms with E-state index in [0.717, 1.165) is 17.2 Å². The van der Waals surface area contributed by atoms with Gasteiger partial charge in [-0.3, -0.25) is 4.79 Å². The Morgan fingerprint density at radius 3 is 2.61 bits per heavy atom. The lowest BCUT2D eigenvalue weighted by atomic mass is 10.1. The van der Waals surface area contributed by atoms with E-state index in [4.69, 9.17) is 5.73 Å². The molecule has 0 unspecified atom stereocenters. The second-order valence-corrected chi connectivity index (χ2v) is 4.97. The molecule has 0 radical (unpaired) electrons. The van der Waals surface area contributed by atoms with Crippen molar-refractivity contribution in [3.8, 4) is 0 Å². The summed E-state index contributed by atoms with van der Waals surface area (Å²) in [6.07, 6.45) is 0. The van der Waals surface area contributed by atoms with Crippen LogP contribution in [0.5, 0.6) is 0 Å². The molecular formula is C12H14N4OS. The Bertz CT molecular complexity index is 547. The van der Waals surface area contributed by atoms with Crippen molar-refractivity contribution in [2.24, 2.45) is 0 Å². The zero-order valence-corrected chi connectivity index (χ0v) is 11.0. The number of anilines is 2. The number of nitrogens with one attached hydrogen (secondary N) is 1. The first kappa shape index (κ1) is 12.5. The number of benzene rings is 1. The van der Waals surface area contributed by atoms with Gasteiger partial charge in [-0.15, -0.1) is 5.10 Å². The van der Waals surface area contributed by atoms with Crippen LogP contribution >= 0.6 is 11.5 Å². The van der Waals surface area contributed by atoms with Crippen LogP contribution in [0.4, 0.5) is 11.4 Å². The summed E-state index contributed by atoms with van der Waals surface area (Å²) in [7, 11) is 0. The number of aromatic nitrogens is 2. The topological polar surface area (TPSA) is 80.9 Å². The minimum absolute atomic E-state index is 0.177. The van der Waals surface area contributed by atoms with E-state index in [1.807, 2.05) is 13.8 Å². The average molecular weight is 262 g/mol. The van der Waals surface area contributed by atoms with E-state index in [-0.39, 0.29) is 11.8 Å². The molecular weight excluding hydrogens is 248 g/mol. The summed E-state index contributed by atoms with van der Waals surface area (Å²) < 4.78 is 3.83. The molecule has 94 valence electrons. The van der Waals surface area contributed by atoms with Crippen molar-refractivity contribution in [1.29, 1.82) is 0 Å². The predicted molar refractivity (Wildman–Crippen MR) is 72.8 cm³/mol. The first-order valence-electron chi connectivity index (χ1n) is 5.57. The monoisotopic (exact) mass is 262 g/mol. The summed E-state index contributed by atoms with van der Waals surface area (Å²) >= 11 is 1.11. The van der Waals surface area contributed by atoms with Gasteiger partial charge in [-0.05, 0) is 41.7 Å². The Morgan fingerprint density at radius 1 is 1.33 bits per heavy atom. The summed E-state index contributed by atoms with van der Waals surface area (Å²) in [6.45, 7) is 3.97. The maximum Gasteiger partial charge on any atom is 0.269 e. The van der Waals surface area contributed by atoms with Crippen molar-refractivity contribution in [3.63, 3.8) is 0 Å². The first-order valence-corrected chi connectivity index (χ1v) is 6.34. The summed E-state index contributed by atoms with van der Waals surface area (Å²) in [4.78, 5) is 12.6. The largest absolute Gasteiger partial charge is 0.399 e. The third-order valence-corrected chi connectivity index (χ3v) is 3.18. The molecule has 18 heavy (non-hydrogen) atoms. The van der Waals surface area contributed by atoms with E-state index in [2.05, 4.69) is 14.9 Å². The fraction of sp³-hybridized carbons (Fsp3) is 0.250. The van der Waals surface area contributed by atoms with Crippen molar-refractivity contribution in [2.45, 2.75) is 19.8 Å². The minimum atomic E-state index is -0.182.